The van der Waals surface area contributed by atoms with E-state index in [9.17, 15) is 4.79 Å². The van der Waals surface area contributed by atoms with E-state index in [1.807, 2.05) is 58.1 Å². The molecule has 2 fully saturated rings. The van der Waals surface area contributed by atoms with Crippen molar-refractivity contribution in [2.75, 3.05) is 13.1 Å². The average molecular weight is 463 g/mol. The maximum absolute atomic E-state index is 13.0. The van der Waals surface area contributed by atoms with Crippen LogP contribution in [0, 0.1) is 18.8 Å². The molecule has 1 amide bonds. The zero-order chi connectivity index (χ0) is 20.0. The molecule has 3 unspecified atom stereocenters. The number of rotatable bonds is 4. The second-order valence-electron chi connectivity index (χ2n) is 8.40. The lowest BCUT2D eigenvalue weighted by molar-refractivity contribution is 0.0779. The lowest BCUT2D eigenvalue weighted by Gasteiger charge is -2.19. The van der Waals surface area contributed by atoms with Crippen LogP contribution < -0.4 is 10.5 Å². The van der Waals surface area contributed by atoms with Crippen molar-refractivity contribution in [3.63, 3.8) is 0 Å². The van der Waals surface area contributed by atoms with E-state index < -0.39 is 0 Å². The molecule has 1 saturated carbocycles. The number of likely N-dealkylation sites (tertiary alicyclic amines) is 1. The molecular formula is C23H28Cl2N4O2. The first-order chi connectivity index (χ1) is 14.1. The van der Waals surface area contributed by atoms with Gasteiger partial charge in [0, 0.05) is 37.1 Å². The van der Waals surface area contributed by atoms with Gasteiger partial charge in [0.05, 0.1) is 5.69 Å². The van der Waals surface area contributed by atoms with Crippen LogP contribution in [0.4, 0.5) is 0 Å². The highest BCUT2D eigenvalue weighted by atomic mass is 35.5. The summed E-state index contributed by atoms with van der Waals surface area (Å²) in [5.74, 6) is 1.77. The van der Waals surface area contributed by atoms with Gasteiger partial charge in [-0.25, -0.2) is 4.98 Å². The van der Waals surface area contributed by atoms with Gasteiger partial charge in [-0.15, -0.1) is 24.8 Å². The zero-order valence-electron chi connectivity index (χ0n) is 17.4. The number of carbonyl (C=O) groups is 1. The molecule has 0 bridgehead atoms. The first-order valence-corrected chi connectivity index (χ1v) is 10.3. The molecule has 1 aliphatic heterocycles. The number of aryl methyl sites for hydroxylation is 1. The molecule has 1 aliphatic carbocycles. The summed E-state index contributed by atoms with van der Waals surface area (Å²) in [6.07, 6.45) is 6.24. The van der Waals surface area contributed by atoms with Crippen molar-refractivity contribution in [1.29, 1.82) is 0 Å². The Labute approximate surface area is 194 Å². The van der Waals surface area contributed by atoms with E-state index in [-0.39, 0.29) is 36.8 Å². The molecule has 2 aliphatic rings. The molecule has 3 aromatic rings. The molecule has 31 heavy (non-hydrogen) atoms. The monoisotopic (exact) mass is 462 g/mol. The van der Waals surface area contributed by atoms with E-state index in [1.165, 1.54) is 5.56 Å². The highest BCUT2D eigenvalue weighted by molar-refractivity contribution is 5.94. The fourth-order valence-electron chi connectivity index (χ4n) is 4.76. The van der Waals surface area contributed by atoms with Crippen LogP contribution in [0.15, 0.2) is 48.8 Å². The molecular weight excluding hydrogens is 435 g/mol. The number of hydrogen-bond donors (Lipinski definition) is 1. The SMILES string of the molecule is Cc1ccc2nc(COc3cccc(C(=O)N4CC5CCC(N)C5C4)c3)cn2c1.Cl.Cl. The van der Waals surface area contributed by atoms with Crippen LogP contribution >= 0.6 is 24.8 Å². The number of imidazole rings is 1. The van der Waals surface area contributed by atoms with Gasteiger partial charge in [0.25, 0.3) is 5.91 Å². The van der Waals surface area contributed by atoms with Gasteiger partial charge in [0.1, 0.15) is 18.0 Å². The molecule has 0 spiro atoms. The van der Waals surface area contributed by atoms with Crippen LogP contribution in [0.3, 0.4) is 0 Å². The van der Waals surface area contributed by atoms with Gasteiger partial charge in [-0.05, 0) is 61.4 Å². The maximum Gasteiger partial charge on any atom is 0.254 e. The van der Waals surface area contributed by atoms with Gasteiger partial charge in [0.2, 0.25) is 0 Å². The fraction of sp³-hybridized carbons (Fsp3) is 0.391. The summed E-state index contributed by atoms with van der Waals surface area (Å²) in [7, 11) is 0. The molecule has 166 valence electrons. The number of amides is 1. The second-order valence-corrected chi connectivity index (χ2v) is 8.40. The minimum Gasteiger partial charge on any atom is -0.487 e. The Hall–Kier alpha value is -2.28. The van der Waals surface area contributed by atoms with Gasteiger partial charge in [-0.3, -0.25) is 4.79 Å². The van der Waals surface area contributed by atoms with Gasteiger partial charge in [-0.2, -0.15) is 0 Å². The van der Waals surface area contributed by atoms with Crippen molar-refractivity contribution in [2.24, 2.45) is 17.6 Å². The van der Waals surface area contributed by atoms with Crippen LogP contribution in [0.2, 0.25) is 0 Å². The smallest absolute Gasteiger partial charge is 0.254 e. The number of nitrogens with two attached hydrogens (primary N) is 1. The third kappa shape index (κ3) is 4.66. The quantitative estimate of drug-likeness (QED) is 0.638. The van der Waals surface area contributed by atoms with Gasteiger partial charge >= 0.3 is 0 Å². The van der Waals surface area contributed by atoms with Crippen LogP contribution in [-0.2, 0) is 6.61 Å². The summed E-state index contributed by atoms with van der Waals surface area (Å²) < 4.78 is 7.93. The maximum atomic E-state index is 13.0. The molecule has 2 N–H and O–H groups in total. The molecule has 1 aromatic carbocycles. The molecule has 2 aromatic heterocycles. The van der Waals surface area contributed by atoms with E-state index in [4.69, 9.17) is 10.5 Å². The largest absolute Gasteiger partial charge is 0.487 e. The Balaban J connectivity index is 0.00000136. The van der Waals surface area contributed by atoms with E-state index in [0.717, 1.165) is 37.3 Å². The van der Waals surface area contributed by atoms with Crippen molar-refractivity contribution < 1.29 is 9.53 Å². The number of ether oxygens (including phenoxy) is 1. The minimum absolute atomic E-state index is 0. The summed E-state index contributed by atoms with van der Waals surface area (Å²) in [5.41, 5.74) is 9.81. The van der Waals surface area contributed by atoms with Crippen LogP contribution in [-0.4, -0.2) is 39.3 Å². The number of hydrogen-bond acceptors (Lipinski definition) is 4. The third-order valence-corrected chi connectivity index (χ3v) is 6.32. The number of pyridine rings is 1. The van der Waals surface area contributed by atoms with Crippen molar-refractivity contribution in [1.82, 2.24) is 14.3 Å². The number of halogens is 2. The van der Waals surface area contributed by atoms with Gasteiger partial charge < -0.3 is 19.8 Å². The van der Waals surface area contributed by atoms with Crippen molar-refractivity contribution in [3.05, 3.63) is 65.6 Å². The van der Waals surface area contributed by atoms with Crippen LogP contribution in [0.5, 0.6) is 5.75 Å². The minimum atomic E-state index is 0. The number of carbonyl (C=O) groups excluding carboxylic acids is 1. The Kier molecular flexibility index (Phi) is 7.14. The Morgan fingerprint density at radius 2 is 2.00 bits per heavy atom. The lowest BCUT2D eigenvalue weighted by atomic mass is 9.98. The third-order valence-electron chi connectivity index (χ3n) is 6.32. The van der Waals surface area contributed by atoms with Crippen molar-refractivity contribution in [2.45, 2.75) is 32.4 Å². The van der Waals surface area contributed by atoms with Crippen molar-refractivity contribution in [3.8, 4) is 5.75 Å². The topological polar surface area (TPSA) is 72.9 Å². The number of aromatic nitrogens is 2. The van der Waals surface area contributed by atoms with Crippen molar-refractivity contribution >= 4 is 36.4 Å². The standard InChI is InChI=1S/C23H26N4O2.2ClH/c1-15-5-8-22-25-18(12-26(22)10-15)14-29-19-4-2-3-16(9-19)23(28)27-11-17-6-7-21(24)20(17)13-27;;/h2-5,8-10,12,17,20-21H,6-7,11,13-14,24H2,1H3;2*1H. The first kappa shape index (κ1) is 23.4. The molecule has 0 radical (unpaired) electrons. The highest BCUT2D eigenvalue weighted by Gasteiger charge is 2.42. The summed E-state index contributed by atoms with van der Waals surface area (Å²) in [6, 6.07) is 11.7. The molecule has 3 atom stereocenters. The summed E-state index contributed by atoms with van der Waals surface area (Å²) in [4.78, 5) is 19.5. The van der Waals surface area contributed by atoms with E-state index in [2.05, 4.69) is 11.9 Å². The van der Waals surface area contributed by atoms with E-state index >= 15 is 0 Å². The van der Waals surface area contributed by atoms with Crippen LogP contribution in [0.1, 0.15) is 34.5 Å². The Morgan fingerprint density at radius 3 is 2.81 bits per heavy atom. The highest BCUT2D eigenvalue weighted by Crippen LogP contribution is 2.37. The molecule has 6 nitrogen and oxygen atoms in total. The summed E-state index contributed by atoms with van der Waals surface area (Å²) in [5, 5.41) is 0. The lowest BCUT2D eigenvalue weighted by Crippen LogP contribution is -2.33. The molecule has 1 saturated heterocycles. The normalized spacial score (nSPS) is 22.0. The Morgan fingerprint density at radius 1 is 1.16 bits per heavy atom. The Bertz CT molecular complexity index is 1070. The summed E-state index contributed by atoms with van der Waals surface area (Å²) in [6.45, 7) is 4.01. The van der Waals surface area contributed by atoms with E-state index in [1.54, 1.807) is 0 Å². The number of fused-ring (bicyclic) bond motifs is 2. The predicted molar refractivity (Wildman–Crippen MR) is 125 cm³/mol. The van der Waals surface area contributed by atoms with E-state index in [0.29, 0.717) is 29.8 Å². The fourth-order valence-corrected chi connectivity index (χ4v) is 4.76. The number of benzene rings is 1. The first-order valence-electron chi connectivity index (χ1n) is 10.3. The molecule has 5 rings (SSSR count). The number of nitrogens with zero attached hydrogens (tertiary/aromatic N) is 3. The second kappa shape index (κ2) is 9.47. The average Bonchev–Trinajstić information content (AvgIpc) is 3.41. The van der Waals surface area contributed by atoms with Gasteiger partial charge in [-0.1, -0.05) is 12.1 Å². The van der Waals surface area contributed by atoms with Gasteiger partial charge in [0.15, 0.2) is 0 Å². The zero-order valence-corrected chi connectivity index (χ0v) is 19.1. The predicted octanol–water partition coefficient (Wildman–Crippen LogP) is 3.87. The molecule has 3 heterocycles. The van der Waals surface area contributed by atoms with Crippen LogP contribution in [0.25, 0.3) is 5.65 Å². The molecule has 8 heteroatoms. The summed E-state index contributed by atoms with van der Waals surface area (Å²) >= 11 is 0.